The third kappa shape index (κ3) is 3.17. The summed E-state index contributed by atoms with van der Waals surface area (Å²) in [5.74, 6) is 0.197. The molecule has 0 saturated heterocycles. The predicted octanol–water partition coefficient (Wildman–Crippen LogP) is 1.10. The fourth-order valence-corrected chi connectivity index (χ4v) is 1.28. The van der Waals surface area contributed by atoms with E-state index in [4.69, 9.17) is 10.8 Å². The highest BCUT2D eigenvalue weighted by Gasteiger charge is 2.05. The van der Waals surface area contributed by atoms with Gasteiger partial charge in [-0.25, -0.2) is 0 Å². The highest BCUT2D eigenvalue weighted by Crippen LogP contribution is 2.08. The fourth-order valence-electron chi connectivity index (χ4n) is 1.28. The maximum atomic E-state index is 8.96. The summed E-state index contributed by atoms with van der Waals surface area (Å²) in [5, 5.41) is 8.96. The maximum absolute atomic E-state index is 8.96. The lowest BCUT2D eigenvalue weighted by atomic mass is 9.99. The molecule has 72 valence electrons. The second-order valence-corrected chi connectivity index (χ2v) is 3.47. The molecular weight excluding hydrogens is 162 g/mol. The molecule has 13 heavy (non-hydrogen) atoms. The molecule has 0 aliphatic carbocycles. The van der Waals surface area contributed by atoms with Crippen LogP contribution in [0.3, 0.4) is 0 Å². The Bertz CT molecular complexity index is 239. The topological polar surface area (TPSA) is 46.2 Å². The van der Waals surface area contributed by atoms with Crippen LogP contribution in [-0.2, 0) is 6.42 Å². The molecule has 1 atom stereocenters. The molecule has 1 aromatic rings. The van der Waals surface area contributed by atoms with Gasteiger partial charge in [0.25, 0.3) is 0 Å². The van der Waals surface area contributed by atoms with Gasteiger partial charge >= 0.3 is 0 Å². The van der Waals surface area contributed by atoms with Crippen LogP contribution in [0.25, 0.3) is 0 Å². The minimum atomic E-state index is 0.171. The van der Waals surface area contributed by atoms with Gasteiger partial charge < -0.3 is 10.8 Å². The first-order valence-electron chi connectivity index (χ1n) is 4.62. The van der Waals surface area contributed by atoms with Crippen molar-refractivity contribution in [3.05, 3.63) is 35.4 Å². The highest BCUT2D eigenvalue weighted by atomic mass is 16.3. The van der Waals surface area contributed by atoms with Crippen molar-refractivity contribution in [2.45, 2.75) is 13.3 Å². The molecule has 2 nitrogen and oxygen atoms in total. The summed E-state index contributed by atoms with van der Waals surface area (Å²) < 4.78 is 0. The van der Waals surface area contributed by atoms with Crippen molar-refractivity contribution in [3.63, 3.8) is 0 Å². The van der Waals surface area contributed by atoms with E-state index in [2.05, 4.69) is 31.2 Å². The molecule has 1 unspecified atom stereocenters. The molecule has 0 saturated carbocycles. The number of hydrogen-bond acceptors (Lipinski definition) is 2. The summed E-state index contributed by atoms with van der Waals surface area (Å²) in [5.41, 5.74) is 8.01. The molecule has 0 amide bonds. The predicted molar refractivity (Wildman–Crippen MR) is 54.5 cm³/mol. The molecule has 0 fully saturated rings. The van der Waals surface area contributed by atoms with Gasteiger partial charge in [0.1, 0.15) is 0 Å². The van der Waals surface area contributed by atoms with Crippen LogP contribution in [0.2, 0.25) is 0 Å². The summed E-state index contributed by atoms with van der Waals surface area (Å²) in [7, 11) is 0. The zero-order chi connectivity index (χ0) is 9.68. The van der Waals surface area contributed by atoms with Gasteiger partial charge in [-0.05, 0) is 31.4 Å². The summed E-state index contributed by atoms with van der Waals surface area (Å²) in [6.45, 7) is 2.78. The first kappa shape index (κ1) is 10.2. The van der Waals surface area contributed by atoms with Crippen molar-refractivity contribution < 1.29 is 5.11 Å². The lowest BCUT2D eigenvalue weighted by Gasteiger charge is -2.10. The summed E-state index contributed by atoms with van der Waals surface area (Å²) >= 11 is 0. The van der Waals surface area contributed by atoms with Crippen molar-refractivity contribution in [2.24, 2.45) is 11.7 Å². The Kier molecular flexibility index (Phi) is 3.93. The Balaban J connectivity index is 2.58. The number of hydrogen-bond donors (Lipinski definition) is 2. The van der Waals surface area contributed by atoms with E-state index in [-0.39, 0.29) is 12.5 Å². The second-order valence-electron chi connectivity index (χ2n) is 3.47. The lowest BCUT2D eigenvalue weighted by molar-refractivity contribution is 0.230. The third-order valence-corrected chi connectivity index (χ3v) is 2.24. The van der Waals surface area contributed by atoms with Crippen LogP contribution in [0.1, 0.15) is 11.1 Å². The zero-order valence-electron chi connectivity index (χ0n) is 8.03. The van der Waals surface area contributed by atoms with Crippen LogP contribution in [0.15, 0.2) is 24.3 Å². The minimum Gasteiger partial charge on any atom is -0.396 e. The molecule has 0 bridgehead atoms. The SMILES string of the molecule is Cc1ccc(CC(CN)CO)cc1. The van der Waals surface area contributed by atoms with Gasteiger partial charge in [-0.3, -0.25) is 0 Å². The van der Waals surface area contributed by atoms with Gasteiger partial charge in [0.2, 0.25) is 0 Å². The lowest BCUT2D eigenvalue weighted by Crippen LogP contribution is -2.20. The van der Waals surface area contributed by atoms with E-state index in [0.717, 1.165) is 6.42 Å². The normalized spacial score (nSPS) is 12.8. The molecule has 0 aromatic heterocycles. The van der Waals surface area contributed by atoms with Crippen LogP contribution in [-0.4, -0.2) is 18.3 Å². The number of aliphatic hydroxyl groups excluding tert-OH is 1. The first-order chi connectivity index (χ1) is 6.26. The largest absolute Gasteiger partial charge is 0.396 e. The van der Waals surface area contributed by atoms with Gasteiger partial charge in [0, 0.05) is 6.61 Å². The van der Waals surface area contributed by atoms with Gasteiger partial charge in [0.05, 0.1) is 0 Å². The second kappa shape index (κ2) is 5.00. The van der Waals surface area contributed by atoms with Gasteiger partial charge in [0.15, 0.2) is 0 Å². The Labute approximate surface area is 79.4 Å². The monoisotopic (exact) mass is 179 g/mol. The average molecular weight is 179 g/mol. The molecule has 0 aliphatic heterocycles. The molecule has 0 radical (unpaired) electrons. The Morgan fingerprint density at radius 3 is 2.38 bits per heavy atom. The van der Waals surface area contributed by atoms with Crippen molar-refractivity contribution in [3.8, 4) is 0 Å². The number of rotatable bonds is 4. The van der Waals surface area contributed by atoms with Gasteiger partial charge in [-0.2, -0.15) is 0 Å². The number of aliphatic hydroxyl groups is 1. The van der Waals surface area contributed by atoms with Crippen molar-refractivity contribution in [1.29, 1.82) is 0 Å². The van der Waals surface area contributed by atoms with E-state index in [1.54, 1.807) is 0 Å². The summed E-state index contributed by atoms with van der Waals surface area (Å²) in [4.78, 5) is 0. The van der Waals surface area contributed by atoms with Crippen molar-refractivity contribution >= 4 is 0 Å². The number of benzene rings is 1. The van der Waals surface area contributed by atoms with Crippen LogP contribution in [0, 0.1) is 12.8 Å². The Morgan fingerprint density at radius 1 is 1.31 bits per heavy atom. The fraction of sp³-hybridized carbons (Fsp3) is 0.455. The smallest absolute Gasteiger partial charge is 0.0474 e. The van der Waals surface area contributed by atoms with Gasteiger partial charge in [-0.15, -0.1) is 0 Å². The average Bonchev–Trinajstić information content (AvgIpc) is 2.17. The Morgan fingerprint density at radius 2 is 1.92 bits per heavy atom. The first-order valence-corrected chi connectivity index (χ1v) is 4.62. The van der Waals surface area contributed by atoms with E-state index >= 15 is 0 Å². The molecular formula is C11H17NO. The van der Waals surface area contributed by atoms with Crippen LogP contribution < -0.4 is 5.73 Å². The summed E-state index contributed by atoms with van der Waals surface area (Å²) in [6.07, 6.45) is 0.868. The molecule has 0 spiro atoms. The quantitative estimate of drug-likeness (QED) is 0.727. The minimum absolute atomic E-state index is 0.171. The number of nitrogens with two attached hydrogens (primary N) is 1. The van der Waals surface area contributed by atoms with E-state index in [1.165, 1.54) is 11.1 Å². The van der Waals surface area contributed by atoms with Crippen LogP contribution in [0.4, 0.5) is 0 Å². The van der Waals surface area contributed by atoms with Crippen molar-refractivity contribution in [1.82, 2.24) is 0 Å². The zero-order valence-corrected chi connectivity index (χ0v) is 8.03. The summed E-state index contributed by atoms with van der Waals surface area (Å²) in [6, 6.07) is 8.35. The molecule has 2 heteroatoms. The van der Waals surface area contributed by atoms with E-state index in [0.29, 0.717) is 6.54 Å². The number of aryl methyl sites for hydroxylation is 1. The highest BCUT2D eigenvalue weighted by molar-refractivity contribution is 5.21. The maximum Gasteiger partial charge on any atom is 0.0474 e. The van der Waals surface area contributed by atoms with Crippen LogP contribution >= 0.6 is 0 Å². The van der Waals surface area contributed by atoms with Gasteiger partial charge in [-0.1, -0.05) is 29.8 Å². The Hall–Kier alpha value is -0.860. The molecule has 1 rings (SSSR count). The molecule has 0 aliphatic rings. The molecule has 1 aromatic carbocycles. The molecule has 0 heterocycles. The van der Waals surface area contributed by atoms with E-state index < -0.39 is 0 Å². The van der Waals surface area contributed by atoms with E-state index in [9.17, 15) is 0 Å². The van der Waals surface area contributed by atoms with E-state index in [1.807, 2.05) is 0 Å². The van der Waals surface area contributed by atoms with Crippen LogP contribution in [0.5, 0.6) is 0 Å². The van der Waals surface area contributed by atoms with Crippen molar-refractivity contribution in [2.75, 3.05) is 13.2 Å². The third-order valence-electron chi connectivity index (χ3n) is 2.24. The molecule has 3 N–H and O–H groups in total. The standard InChI is InChI=1S/C11H17NO/c1-9-2-4-10(5-3-9)6-11(7-12)8-13/h2-5,11,13H,6-8,12H2,1H3.